The molecule has 1 aromatic carbocycles. The van der Waals surface area contributed by atoms with Crippen molar-refractivity contribution in [2.24, 2.45) is 0 Å². The molecule has 0 aliphatic carbocycles. The van der Waals surface area contributed by atoms with Crippen LogP contribution in [0.5, 0.6) is 5.75 Å². The molecule has 2 aliphatic rings. The number of esters is 1. The topological polar surface area (TPSA) is 126 Å². The molecule has 31 heavy (non-hydrogen) atoms. The van der Waals surface area contributed by atoms with E-state index in [1.54, 1.807) is 24.3 Å². The lowest BCUT2D eigenvalue weighted by Gasteiger charge is -2.47. The zero-order chi connectivity index (χ0) is 22.0. The van der Waals surface area contributed by atoms with Crippen LogP contribution in [0.25, 0.3) is 0 Å². The fraction of sp³-hybridized carbons (Fsp3) is 0.429. The van der Waals surface area contributed by atoms with E-state index in [-0.39, 0.29) is 12.5 Å². The van der Waals surface area contributed by atoms with Gasteiger partial charge in [-0.15, -0.1) is 0 Å². The molecule has 6 atom stereocenters. The fourth-order valence-electron chi connectivity index (χ4n) is 3.57. The molecule has 3 heterocycles. The molecule has 0 radical (unpaired) electrons. The average Bonchev–Trinajstić information content (AvgIpc) is 3.31. The number of nitrogens with one attached hydrogen (secondary N) is 1. The van der Waals surface area contributed by atoms with Gasteiger partial charge in [-0.2, -0.15) is 0 Å². The number of amides is 1. The second-order valence-corrected chi connectivity index (χ2v) is 7.18. The third kappa shape index (κ3) is 4.57. The molecule has 1 amide bonds. The van der Waals surface area contributed by atoms with Gasteiger partial charge in [0.25, 0.3) is 0 Å². The Morgan fingerprint density at radius 3 is 2.58 bits per heavy atom. The van der Waals surface area contributed by atoms with Crippen molar-refractivity contribution >= 4 is 11.9 Å². The number of fused-ring (bicyclic) bond motifs is 1. The number of aliphatic hydroxyl groups is 1. The van der Waals surface area contributed by atoms with E-state index in [1.165, 1.54) is 32.4 Å². The lowest BCUT2D eigenvalue weighted by atomic mass is 9.96. The van der Waals surface area contributed by atoms with Crippen LogP contribution in [-0.4, -0.2) is 61.3 Å². The maximum Gasteiger partial charge on any atom is 0.337 e. The Morgan fingerprint density at radius 1 is 1.16 bits per heavy atom. The van der Waals surface area contributed by atoms with Gasteiger partial charge in [-0.05, 0) is 36.4 Å². The lowest BCUT2D eigenvalue weighted by Crippen LogP contribution is -2.67. The van der Waals surface area contributed by atoms with Crippen molar-refractivity contribution < 1.29 is 42.8 Å². The van der Waals surface area contributed by atoms with Gasteiger partial charge in [-0.1, -0.05) is 0 Å². The first-order chi connectivity index (χ1) is 15.0. The van der Waals surface area contributed by atoms with Crippen molar-refractivity contribution in [1.82, 2.24) is 5.32 Å². The summed E-state index contributed by atoms with van der Waals surface area (Å²) in [5.41, 5.74) is 0.357. The number of benzene rings is 1. The second kappa shape index (κ2) is 9.06. The molecule has 2 aromatic rings. The van der Waals surface area contributed by atoms with Gasteiger partial charge in [0.05, 0.1) is 25.5 Å². The molecule has 0 spiro atoms. The Morgan fingerprint density at radius 2 is 1.94 bits per heavy atom. The molecular weight excluding hydrogens is 410 g/mol. The summed E-state index contributed by atoms with van der Waals surface area (Å²) in [6.07, 6.45) is -2.86. The summed E-state index contributed by atoms with van der Waals surface area (Å²) in [7, 11) is 1.29. The van der Waals surface area contributed by atoms with Crippen LogP contribution in [0.2, 0.25) is 0 Å². The third-order valence-corrected chi connectivity index (χ3v) is 5.04. The van der Waals surface area contributed by atoms with Gasteiger partial charge in [-0.3, -0.25) is 4.79 Å². The van der Waals surface area contributed by atoms with Crippen LogP contribution in [0.4, 0.5) is 0 Å². The maximum atomic E-state index is 11.8. The van der Waals surface area contributed by atoms with Crippen molar-refractivity contribution in [3.8, 4) is 5.75 Å². The molecule has 10 nitrogen and oxygen atoms in total. The maximum absolute atomic E-state index is 11.8. The van der Waals surface area contributed by atoms with Crippen molar-refractivity contribution in [2.75, 3.05) is 13.7 Å². The van der Waals surface area contributed by atoms with E-state index in [1.807, 2.05) is 0 Å². The van der Waals surface area contributed by atoms with E-state index in [9.17, 15) is 14.7 Å². The molecule has 2 fully saturated rings. The first-order valence-electron chi connectivity index (χ1n) is 9.72. The second-order valence-electron chi connectivity index (χ2n) is 7.18. The van der Waals surface area contributed by atoms with Crippen molar-refractivity contribution in [3.63, 3.8) is 0 Å². The summed E-state index contributed by atoms with van der Waals surface area (Å²) < 4.78 is 33.4. The number of furan rings is 1. The van der Waals surface area contributed by atoms with Gasteiger partial charge in [0.2, 0.25) is 18.5 Å². The Bertz CT molecular complexity index is 898. The van der Waals surface area contributed by atoms with Gasteiger partial charge in [-0.25, -0.2) is 4.79 Å². The number of hydrogen-bond donors (Lipinski definition) is 2. The highest BCUT2D eigenvalue weighted by molar-refractivity contribution is 5.89. The number of rotatable bonds is 5. The molecule has 0 saturated carbocycles. The highest BCUT2D eigenvalue weighted by atomic mass is 16.8. The standard InChI is InChI=1S/C21H23NO9/c1-11(23)22-16-17(24)18-15(10-28-20(31-18)14-4-3-9-27-14)30-21(16)29-13-7-5-12(6-8-13)19(25)26-2/h3-9,15-18,20-21,24H,10H2,1-2H3,(H,22,23). The van der Waals surface area contributed by atoms with Gasteiger partial charge in [0, 0.05) is 6.92 Å². The largest absolute Gasteiger partial charge is 0.465 e. The summed E-state index contributed by atoms with van der Waals surface area (Å²) in [6.45, 7) is 1.46. The predicted molar refractivity (Wildman–Crippen MR) is 103 cm³/mol. The van der Waals surface area contributed by atoms with Crippen molar-refractivity contribution in [2.45, 2.75) is 43.9 Å². The van der Waals surface area contributed by atoms with Gasteiger partial charge < -0.3 is 38.5 Å². The fourth-order valence-corrected chi connectivity index (χ4v) is 3.57. The van der Waals surface area contributed by atoms with Crippen molar-refractivity contribution in [1.29, 1.82) is 0 Å². The Labute approximate surface area is 178 Å². The number of hydrogen-bond acceptors (Lipinski definition) is 9. The van der Waals surface area contributed by atoms with E-state index in [2.05, 4.69) is 10.1 Å². The first kappa shape index (κ1) is 21.3. The molecule has 166 valence electrons. The quantitative estimate of drug-likeness (QED) is 0.668. The average molecular weight is 433 g/mol. The minimum atomic E-state index is -1.14. The highest BCUT2D eigenvalue weighted by Crippen LogP contribution is 2.35. The molecule has 10 heteroatoms. The smallest absolute Gasteiger partial charge is 0.337 e. The summed E-state index contributed by atoms with van der Waals surface area (Å²) in [6, 6.07) is 8.72. The van der Waals surface area contributed by atoms with Crippen molar-refractivity contribution in [3.05, 3.63) is 54.0 Å². The van der Waals surface area contributed by atoms with Gasteiger partial charge >= 0.3 is 5.97 Å². The van der Waals surface area contributed by atoms with Crippen LogP contribution in [0.3, 0.4) is 0 Å². The number of carbonyl (C=O) groups is 2. The van der Waals surface area contributed by atoms with Crippen LogP contribution in [0.1, 0.15) is 29.3 Å². The predicted octanol–water partition coefficient (Wildman–Crippen LogP) is 1.15. The normalized spacial score (nSPS) is 30.2. The zero-order valence-corrected chi connectivity index (χ0v) is 16.9. The number of aliphatic hydroxyl groups excluding tert-OH is 1. The molecule has 1 aromatic heterocycles. The number of ether oxygens (including phenoxy) is 5. The Hall–Kier alpha value is -2.92. The van der Waals surface area contributed by atoms with Crippen LogP contribution in [0, 0.1) is 0 Å². The van der Waals surface area contributed by atoms with E-state index in [0.717, 1.165) is 0 Å². The van der Waals surface area contributed by atoms with Crippen LogP contribution >= 0.6 is 0 Å². The molecule has 0 bridgehead atoms. The molecule has 2 N–H and O–H groups in total. The molecule has 2 saturated heterocycles. The number of carbonyl (C=O) groups excluding carboxylic acids is 2. The molecular formula is C21H23NO9. The van der Waals surface area contributed by atoms with E-state index in [4.69, 9.17) is 23.4 Å². The Balaban J connectivity index is 1.50. The van der Waals surface area contributed by atoms with Gasteiger partial charge in [0.1, 0.15) is 30.1 Å². The minimum Gasteiger partial charge on any atom is -0.465 e. The summed E-state index contributed by atoms with van der Waals surface area (Å²) in [5.74, 6) is 0.00316. The van der Waals surface area contributed by atoms with E-state index < -0.39 is 42.9 Å². The van der Waals surface area contributed by atoms with E-state index in [0.29, 0.717) is 17.1 Å². The summed E-state index contributed by atoms with van der Waals surface area (Å²) >= 11 is 0. The third-order valence-electron chi connectivity index (χ3n) is 5.04. The van der Waals surface area contributed by atoms with Crippen LogP contribution in [-0.2, 0) is 23.7 Å². The molecule has 2 aliphatic heterocycles. The van der Waals surface area contributed by atoms with Crippen LogP contribution < -0.4 is 10.1 Å². The zero-order valence-electron chi connectivity index (χ0n) is 16.9. The highest BCUT2D eigenvalue weighted by Gasteiger charge is 2.51. The lowest BCUT2D eigenvalue weighted by molar-refractivity contribution is -0.336. The molecule has 4 rings (SSSR count). The number of methoxy groups -OCH3 is 1. The van der Waals surface area contributed by atoms with Gasteiger partial charge in [0.15, 0.2) is 5.76 Å². The Kier molecular flexibility index (Phi) is 6.23. The van der Waals surface area contributed by atoms with E-state index >= 15 is 0 Å². The summed E-state index contributed by atoms with van der Waals surface area (Å²) in [5, 5.41) is 13.6. The summed E-state index contributed by atoms with van der Waals surface area (Å²) in [4.78, 5) is 23.4. The molecule has 6 unspecified atom stereocenters. The SMILES string of the molecule is COC(=O)c1ccc(OC2OC3COC(c4ccco4)OC3C(O)C2NC(C)=O)cc1. The first-order valence-corrected chi connectivity index (χ1v) is 9.72. The minimum absolute atomic E-state index is 0.126. The van der Waals surface area contributed by atoms with Crippen LogP contribution in [0.15, 0.2) is 47.1 Å². The monoisotopic (exact) mass is 433 g/mol.